The summed E-state index contributed by atoms with van der Waals surface area (Å²) in [6.07, 6.45) is -5.05. The largest absolute Gasteiger partial charge is 0.481 e. The maximum absolute atomic E-state index is 13.2. The van der Waals surface area contributed by atoms with Crippen molar-refractivity contribution in [1.82, 2.24) is 4.98 Å². The maximum Gasteiger partial charge on any atom is 0.471 e. The molecule has 0 aliphatic carbocycles. The first kappa shape index (κ1) is 21.0. The van der Waals surface area contributed by atoms with Gasteiger partial charge in [-0.25, -0.2) is 14.2 Å². The Labute approximate surface area is 167 Å². The van der Waals surface area contributed by atoms with Gasteiger partial charge >= 0.3 is 18.1 Å². The number of alkyl halides is 3. The Hall–Kier alpha value is -3.69. The SMILES string of the molecule is COC(=O)COc1cc(-c2ccc(F)cc2)nc2ccc(NC(=O)C(F)(F)F)cc12. The molecule has 0 spiro atoms. The molecular formula is C20H14F4N2O4. The Balaban J connectivity index is 2.05. The first-order valence-electron chi connectivity index (χ1n) is 8.46. The van der Waals surface area contributed by atoms with Crippen molar-refractivity contribution in [2.45, 2.75) is 6.18 Å². The van der Waals surface area contributed by atoms with Crippen molar-refractivity contribution in [3.8, 4) is 17.0 Å². The Bertz CT molecular complexity index is 1100. The highest BCUT2D eigenvalue weighted by molar-refractivity contribution is 5.98. The van der Waals surface area contributed by atoms with Crippen molar-refractivity contribution in [3.05, 3.63) is 54.3 Å². The molecule has 6 nitrogen and oxygen atoms in total. The standard InChI is InChI=1S/C20H14F4N2O4/c1-29-18(27)10-30-17-9-16(11-2-4-12(21)5-3-11)26-15-7-6-13(8-14(15)17)25-19(28)20(22,23)24/h2-9H,10H2,1H3,(H,25,28). The number of halogens is 4. The second kappa shape index (κ2) is 8.36. The molecule has 0 atom stereocenters. The van der Waals surface area contributed by atoms with Crippen molar-refractivity contribution in [2.75, 3.05) is 19.0 Å². The molecule has 0 saturated heterocycles. The number of carbonyl (C=O) groups is 2. The number of rotatable bonds is 5. The fraction of sp³-hybridized carbons (Fsp3) is 0.150. The molecular weight excluding hydrogens is 408 g/mol. The topological polar surface area (TPSA) is 77.5 Å². The minimum atomic E-state index is -5.05. The van der Waals surface area contributed by atoms with Gasteiger partial charge in [0.05, 0.1) is 18.3 Å². The van der Waals surface area contributed by atoms with Gasteiger partial charge in [-0.05, 0) is 42.5 Å². The minimum absolute atomic E-state index is 0.118. The van der Waals surface area contributed by atoms with Gasteiger partial charge in [-0.2, -0.15) is 13.2 Å². The van der Waals surface area contributed by atoms with E-state index in [2.05, 4.69) is 9.72 Å². The summed E-state index contributed by atoms with van der Waals surface area (Å²) in [6.45, 7) is -0.461. The molecule has 156 valence electrons. The average Bonchev–Trinajstić information content (AvgIpc) is 2.71. The van der Waals surface area contributed by atoms with Crippen LogP contribution in [-0.4, -0.2) is 36.8 Å². The lowest BCUT2D eigenvalue weighted by Gasteiger charge is -2.13. The van der Waals surface area contributed by atoms with Crippen molar-refractivity contribution in [3.63, 3.8) is 0 Å². The van der Waals surface area contributed by atoms with E-state index in [-0.39, 0.29) is 16.8 Å². The predicted molar refractivity (Wildman–Crippen MR) is 99.3 cm³/mol. The summed E-state index contributed by atoms with van der Waals surface area (Å²) in [5.41, 5.74) is 1.12. The molecule has 0 aliphatic rings. The zero-order valence-electron chi connectivity index (χ0n) is 15.4. The number of pyridine rings is 1. The Morgan fingerprint density at radius 3 is 2.40 bits per heavy atom. The summed E-state index contributed by atoms with van der Waals surface area (Å²) in [5, 5.41) is 2.00. The lowest BCUT2D eigenvalue weighted by atomic mass is 10.1. The van der Waals surface area contributed by atoms with Crippen LogP contribution in [0.4, 0.5) is 23.2 Å². The highest BCUT2D eigenvalue weighted by Crippen LogP contribution is 2.32. The Kier molecular flexibility index (Phi) is 5.86. The third kappa shape index (κ3) is 4.83. The van der Waals surface area contributed by atoms with Crippen LogP contribution in [0.2, 0.25) is 0 Å². The summed E-state index contributed by atoms with van der Waals surface area (Å²) in [7, 11) is 1.17. The smallest absolute Gasteiger partial charge is 0.471 e. The highest BCUT2D eigenvalue weighted by atomic mass is 19.4. The molecule has 3 rings (SSSR count). The first-order chi connectivity index (χ1) is 14.2. The van der Waals surface area contributed by atoms with Crippen LogP contribution in [-0.2, 0) is 14.3 Å². The third-order valence-corrected chi connectivity index (χ3v) is 4.00. The number of carbonyl (C=O) groups excluding carboxylic acids is 2. The third-order valence-electron chi connectivity index (χ3n) is 4.00. The van der Waals surface area contributed by atoms with Gasteiger partial charge in [-0.15, -0.1) is 0 Å². The molecule has 0 bridgehead atoms. The fourth-order valence-corrected chi connectivity index (χ4v) is 2.56. The number of ether oxygens (including phenoxy) is 2. The Morgan fingerprint density at radius 2 is 1.77 bits per heavy atom. The zero-order chi connectivity index (χ0) is 21.9. The molecule has 10 heteroatoms. The fourth-order valence-electron chi connectivity index (χ4n) is 2.56. The number of aromatic nitrogens is 1. The quantitative estimate of drug-likeness (QED) is 0.495. The van der Waals surface area contributed by atoms with E-state index in [0.29, 0.717) is 16.8 Å². The first-order valence-corrected chi connectivity index (χ1v) is 8.46. The number of fused-ring (bicyclic) bond motifs is 1. The van der Waals surface area contributed by atoms with Gasteiger partial charge < -0.3 is 14.8 Å². The van der Waals surface area contributed by atoms with Gasteiger partial charge in [-0.3, -0.25) is 4.79 Å². The van der Waals surface area contributed by atoms with E-state index in [1.54, 1.807) is 5.32 Å². The summed E-state index contributed by atoms with van der Waals surface area (Å²) >= 11 is 0. The monoisotopic (exact) mass is 422 g/mol. The lowest BCUT2D eigenvalue weighted by Crippen LogP contribution is -2.29. The number of hydrogen-bond donors (Lipinski definition) is 1. The number of hydrogen-bond acceptors (Lipinski definition) is 5. The van der Waals surface area contributed by atoms with E-state index >= 15 is 0 Å². The van der Waals surface area contributed by atoms with Gasteiger partial charge in [0, 0.05) is 22.7 Å². The van der Waals surface area contributed by atoms with Crippen molar-refractivity contribution < 1.29 is 36.6 Å². The molecule has 2 aromatic carbocycles. The molecule has 0 unspecified atom stereocenters. The van der Waals surface area contributed by atoms with Gasteiger partial charge in [0.1, 0.15) is 11.6 Å². The van der Waals surface area contributed by atoms with E-state index < -0.39 is 30.5 Å². The van der Waals surface area contributed by atoms with Crippen molar-refractivity contribution in [2.24, 2.45) is 0 Å². The highest BCUT2D eigenvalue weighted by Gasteiger charge is 2.38. The van der Waals surface area contributed by atoms with Crippen LogP contribution >= 0.6 is 0 Å². The number of amides is 1. The number of methoxy groups -OCH3 is 1. The summed E-state index contributed by atoms with van der Waals surface area (Å²) in [4.78, 5) is 27.0. The molecule has 1 heterocycles. The van der Waals surface area contributed by atoms with E-state index in [0.717, 1.165) is 0 Å². The Morgan fingerprint density at radius 1 is 1.07 bits per heavy atom. The second-order valence-corrected chi connectivity index (χ2v) is 6.06. The van der Waals surface area contributed by atoms with E-state index in [1.165, 1.54) is 55.6 Å². The molecule has 1 aromatic heterocycles. The lowest BCUT2D eigenvalue weighted by molar-refractivity contribution is -0.167. The van der Waals surface area contributed by atoms with Crippen LogP contribution in [0.3, 0.4) is 0 Å². The summed E-state index contributed by atoms with van der Waals surface area (Å²) < 4.78 is 60.7. The van der Waals surface area contributed by atoms with Crippen LogP contribution in [0.15, 0.2) is 48.5 Å². The number of nitrogens with one attached hydrogen (secondary N) is 1. The molecule has 3 aromatic rings. The van der Waals surface area contributed by atoms with Gasteiger partial charge in [0.25, 0.3) is 0 Å². The van der Waals surface area contributed by atoms with Gasteiger partial charge in [-0.1, -0.05) is 0 Å². The van der Waals surface area contributed by atoms with Crippen molar-refractivity contribution >= 4 is 28.5 Å². The molecule has 0 radical (unpaired) electrons. The number of benzene rings is 2. The predicted octanol–water partition coefficient (Wildman–Crippen LogP) is 4.09. The molecule has 1 amide bonds. The normalized spacial score (nSPS) is 11.2. The van der Waals surface area contributed by atoms with Crippen LogP contribution in [0, 0.1) is 5.82 Å². The molecule has 1 N–H and O–H groups in total. The minimum Gasteiger partial charge on any atom is -0.481 e. The van der Waals surface area contributed by atoms with Crippen LogP contribution < -0.4 is 10.1 Å². The number of nitrogens with zero attached hydrogens (tertiary/aromatic N) is 1. The van der Waals surface area contributed by atoms with Gasteiger partial charge in [0.2, 0.25) is 0 Å². The molecule has 0 aliphatic heterocycles. The van der Waals surface area contributed by atoms with Crippen molar-refractivity contribution in [1.29, 1.82) is 0 Å². The van der Waals surface area contributed by atoms with Crippen LogP contribution in [0.5, 0.6) is 5.75 Å². The average molecular weight is 422 g/mol. The van der Waals surface area contributed by atoms with Gasteiger partial charge in [0.15, 0.2) is 6.61 Å². The number of anilines is 1. The summed E-state index contributed by atoms with van der Waals surface area (Å²) in [5.74, 6) is -3.13. The zero-order valence-corrected chi connectivity index (χ0v) is 15.4. The maximum atomic E-state index is 13.2. The van der Waals surface area contributed by atoms with Crippen LogP contribution in [0.25, 0.3) is 22.2 Å². The summed E-state index contributed by atoms with van der Waals surface area (Å²) in [6, 6.07) is 10.8. The molecule has 0 fully saturated rings. The molecule has 0 saturated carbocycles. The van der Waals surface area contributed by atoms with Crippen LogP contribution in [0.1, 0.15) is 0 Å². The van der Waals surface area contributed by atoms with E-state index in [1.807, 2.05) is 0 Å². The second-order valence-electron chi connectivity index (χ2n) is 6.06. The van der Waals surface area contributed by atoms with E-state index in [9.17, 15) is 27.2 Å². The molecule has 30 heavy (non-hydrogen) atoms. The number of esters is 1. The van der Waals surface area contributed by atoms with E-state index in [4.69, 9.17) is 4.74 Å².